The van der Waals surface area contributed by atoms with Crippen LogP contribution in [0.2, 0.25) is 0 Å². The van der Waals surface area contributed by atoms with Crippen molar-refractivity contribution in [3.8, 4) is 0 Å². The number of benzene rings is 1. The molecule has 0 aliphatic carbocycles. The second kappa shape index (κ2) is 5.92. The predicted octanol–water partition coefficient (Wildman–Crippen LogP) is 2.82. The molecule has 0 bridgehead atoms. The maximum atomic E-state index is 13.5. The Hall–Kier alpha value is -2.41. The van der Waals surface area contributed by atoms with Crippen LogP contribution in [0, 0.1) is 12.7 Å². The van der Waals surface area contributed by atoms with Crippen molar-refractivity contribution in [2.45, 2.75) is 6.92 Å². The molecule has 0 fully saturated rings. The van der Waals surface area contributed by atoms with E-state index in [0.29, 0.717) is 16.3 Å². The summed E-state index contributed by atoms with van der Waals surface area (Å²) in [4.78, 5) is 24.7. The Balaban J connectivity index is 2.23. The lowest BCUT2D eigenvalue weighted by Gasteiger charge is -2.06. The molecule has 2 rings (SSSR count). The number of anilines is 2. The van der Waals surface area contributed by atoms with Crippen LogP contribution >= 0.6 is 11.3 Å². The van der Waals surface area contributed by atoms with Crippen LogP contribution in [0.1, 0.15) is 24.9 Å². The van der Waals surface area contributed by atoms with Crippen molar-refractivity contribution < 1.29 is 18.7 Å². The first kappa shape index (κ1) is 15.0. The molecule has 0 unspecified atom stereocenters. The minimum Gasteiger partial charge on any atom is -0.465 e. The molecule has 0 aliphatic rings. The van der Waals surface area contributed by atoms with Gasteiger partial charge in [-0.25, -0.2) is 9.18 Å². The first-order chi connectivity index (χ1) is 9.92. The van der Waals surface area contributed by atoms with Crippen molar-refractivity contribution in [1.29, 1.82) is 0 Å². The van der Waals surface area contributed by atoms with Crippen LogP contribution in [-0.4, -0.2) is 19.0 Å². The summed E-state index contributed by atoms with van der Waals surface area (Å²) in [6.45, 7) is 1.81. The number of nitrogen functional groups attached to an aromatic ring is 1. The molecule has 0 saturated carbocycles. The molecule has 5 nitrogen and oxygen atoms in total. The summed E-state index contributed by atoms with van der Waals surface area (Å²) in [5, 5.41) is 2.59. The molecular formula is C14H13FN2O3S. The average Bonchev–Trinajstić information content (AvgIpc) is 2.80. The standard InChI is InChI=1S/C14H13FN2O3S/c1-7-11(16)6-12(21-7)13(18)17-8-3-4-10(15)9(5-8)14(19)20-2/h3-6H,16H2,1-2H3,(H,17,18). The van der Waals surface area contributed by atoms with Gasteiger partial charge in [-0.3, -0.25) is 4.79 Å². The number of ether oxygens (including phenoxy) is 1. The molecule has 1 heterocycles. The molecule has 21 heavy (non-hydrogen) atoms. The molecule has 2 aromatic rings. The summed E-state index contributed by atoms with van der Waals surface area (Å²) in [6.07, 6.45) is 0. The Morgan fingerprint density at radius 2 is 2.05 bits per heavy atom. The fraction of sp³-hybridized carbons (Fsp3) is 0.143. The molecule has 0 aliphatic heterocycles. The number of carbonyl (C=O) groups is 2. The fourth-order valence-corrected chi connectivity index (χ4v) is 2.51. The number of nitrogens with two attached hydrogens (primary N) is 1. The molecule has 0 saturated heterocycles. The number of hydrogen-bond donors (Lipinski definition) is 2. The van der Waals surface area contributed by atoms with Crippen LogP contribution in [0.15, 0.2) is 24.3 Å². The van der Waals surface area contributed by atoms with Gasteiger partial charge in [0.15, 0.2) is 0 Å². The highest BCUT2D eigenvalue weighted by Crippen LogP contribution is 2.24. The van der Waals surface area contributed by atoms with E-state index in [0.717, 1.165) is 18.1 Å². The number of thiophene rings is 1. The van der Waals surface area contributed by atoms with Gasteiger partial charge in [0.1, 0.15) is 5.82 Å². The smallest absolute Gasteiger partial charge is 0.340 e. The topological polar surface area (TPSA) is 81.4 Å². The van der Waals surface area contributed by atoms with Crippen LogP contribution in [0.25, 0.3) is 0 Å². The quantitative estimate of drug-likeness (QED) is 0.854. The predicted molar refractivity (Wildman–Crippen MR) is 79.2 cm³/mol. The van der Waals surface area contributed by atoms with Gasteiger partial charge in [0, 0.05) is 16.3 Å². The number of nitrogens with one attached hydrogen (secondary N) is 1. The number of halogens is 1. The first-order valence-corrected chi connectivity index (χ1v) is 6.79. The third-order valence-electron chi connectivity index (χ3n) is 2.81. The van der Waals surface area contributed by atoms with Gasteiger partial charge in [0.2, 0.25) is 0 Å². The van der Waals surface area contributed by atoms with Crippen molar-refractivity contribution >= 4 is 34.6 Å². The van der Waals surface area contributed by atoms with Gasteiger partial charge in [-0.05, 0) is 31.2 Å². The zero-order valence-corrected chi connectivity index (χ0v) is 12.2. The zero-order chi connectivity index (χ0) is 15.6. The van der Waals surface area contributed by atoms with E-state index >= 15 is 0 Å². The van der Waals surface area contributed by atoms with Crippen LogP contribution in [-0.2, 0) is 4.74 Å². The number of amides is 1. The number of rotatable bonds is 3. The third kappa shape index (κ3) is 3.19. The van der Waals surface area contributed by atoms with E-state index in [4.69, 9.17) is 5.73 Å². The molecule has 110 valence electrons. The van der Waals surface area contributed by atoms with Crippen LogP contribution < -0.4 is 11.1 Å². The van der Waals surface area contributed by atoms with E-state index in [1.54, 1.807) is 6.07 Å². The van der Waals surface area contributed by atoms with E-state index in [1.165, 1.54) is 23.5 Å². The Bertz CT molecular complexity index is 693. The summed E-state index contributed by atoms with van der Waals surface area (Å²) in [5.41, 5.74) is 6.29. The van der Waals surface area contributed by atoms with E-state index in [9.17, 15) is 14.0 Å². The minimum atomic E-state index is -0.806. The van der Waals surface area contributed by atoms with E-state index in [-0.39, 0.29) is 11.5 Å². The Labute approximate surface area is 124 Å². The van der Waals surface area contributed by atoms with Crippen LogP contribution in [0.5, 0.6) is 0 Å². The third-order valence-corrected chi connectivity index (χ3v) is 3.87. The largest absolute Gasteiger partial charge is 0.465 e. The molecule has 3 N–H and O–H groups in total. The summed E-state index contributed by atoms with van der Waals surface area (Å²) < 4.78 is 18.0. The average molecular weight is 308 g/mol. The van der Waals surface area contributed by atoms with Crippen molar-refractivity contribution in [2.24, 2.45) is 0 Å². The summed E-state index contributed by atoms with van der Waals surface area (Å²) >= 11 is 1.26. The Morgan fingerprint density at radius 3 is 2.62 bits per heavy atom. The van der Waals surface area contributed by atoms with E-state index < -0.39 is 11.8 Å². The Kier molecular flexibility index (Phi) is 4.23. The second-order valence-corrected chi connectivity index (χ2v) is 5.52. The first-order valence-electron chi connectivity index (χ1n) is 5.97. The molecular weight excluding hydrogens is 295 g/mol. The SMILES string of the molecule is COC(=O)c1cc(NC(=O)c2cc(N)c(C)s2)ccc1F. The van der Waals surface area contributed by atoms with Crippen molar-refractivity contribution in [1.82, 2.24) is 0 Å². The summed E-state index contributed by atoms with van der Waals surface area (Å²) in [6, 6.07) is 5.25. The lowest BCUT2D eigenvalue weighted by molar-refractivity contribution is 0.0595. The van der Waals surface area contributed by atoms with E-state index in [2.05, 4.69) is 10.1 Å². The second-order valence-electron chi connectivity index (χ2n) is 4.26. The van der Waals surface area contributed by atoms with Crippen molar-refractivity contribution in [3.63, 3.8) is 0 Å². The van der Waals surface area contributed by atoms with Crippen LogP contribution in [0.3, 0.4) is 0 Å². The molecule has 1 amide bonds. The number of esters is 1. The van der Waals surface area contributed by atoms with Gasteiger partial charge in [-0.1, -0.05) is 0 Å². The highest BCUT2D eigenvalue weighted by Gasteiger charge is 2.15. The van der Waals surface area contributed by atoms with Gasteiger partial charge in [-0.15, -0.1) is 11.3 Å². The van der Waals surface area contributed by atoms with Crippen molar-refractivity contribution in [2.75, 3.05) is 18.2 Å². The van der Waals surface area contributed by atoms with Gasteiger partial charge >= 0.3 is 5.97 Å². The summed E-state index contributed by atoms with van der Waals surface area (Å²) in [7, 11) is 1.16. The lowest BCUT2D eigenvalue weighted by atomic mass is 10.2. The zero-order valence-electron chi connectivity index (χ0n) is 11.4. The monoisotopic (exact) mass is 308 g/mol. The molecule has 1 aromatic heterocycles. The maximum Gasteiger partial charge on any atom is 0.340 e. The highest BCUT2D eigenvalue weighted by molar-refractivity contribution is 7.14. The Morgan fingerprint density at radius 1 is 1.33 bits per heavy atom. The molecule has 1 aromatic carbocycles. The number of carbonyl (C=O) groups excluding carboxylic acids is 2. The number of methoxy groups -OCH3 is 1. The lowest BCUT2D eigenvalue weighted by Crippen LogP contribution is -2.12. The van der Waals surface area contributed by atoms with Gasteiger partial charge in [0.05, 0.1) is 17.6 Å². The molecule has 7 heteroatoms. The molecule has 0 atom stereocenters. The van der Waals surface area contributed by atoms with Gasteiger partial charge < -0.3 is 15.8 Å². The van der Waals surface area contributed by atoms with Gasteiger partial charge in [-0.2, -0.15) is 0 Å². The maximum absolute atomic E-state index is 13.5. The highest BCUT2D eigenvalue weighted by atomic mass is 32.1. The molecule has 0 spiro atoms. The fourth-order valence-electron chi connectivity index (χ4n) is 1.67. The number of aryl methyl sites for hydroxylation is 1. The normalized spacial score (nSPS) is 10.2. The van der Waals surface area contributed by atoms with Gasteiger partial charge in [0.25, 0.3) is 5.91 Å². The number of hydrogen-bond acceptors (Lipinski definition) is 5. The van der Waals surface area contributed by atoms with Crippen molar-refractivity contribution in [3.05, 3.63) is 45.4 Å². The molecule has 0 radical (unpaired) electrons. The summed E-state index contributed by atoms with van der Waals surface area (Å²) in [5.74, 6) is -1.89. The van der Waals surface area contributed by atoms with Crippen LogP contribution in [0.4, 0.5) is 15.8 Å². The minimum absolute atomic E-state index is 0.239. The van der Waals surface area contributed by atoms with E-state index in [1.807, 2.05) is 6.92 Å².